The number of hydrogen-bond donors (Lipinski definition) is 1. The van der Waals surface area contributed by atoms with Crippen LogP contribution in [0, 0.1) is 16.0 Å². The van der Waals surface area contributed by atoms with Crippen LogP contribution in [0.1, 0.15) is 19.3 Å². The predicted molar refractivity (Wildman–Crippen MR) is 93.5 cm³/mol. The number of primary sulfonamides is 1. The van der Waals surface area contributed by atoms with E-state index in [9.17, 15) is 18.5 Å². The third-order valence-electron chi connectivity index (χ3n) is 5.01. The molecule has 10 heteroatoms. The minimum Gasteiger partial charge on any atom is -0.487 e. The van der Waals surface area contributed by atoms with Crippen LogP contribution in [0.5, 0.6) is 5.75 Å². The van der Waals surface area contributed by atoms with Gasteiger partial charge in [-0.2, -0.15) is 0 Å². The van der Waals surface area contributed by atoms with Gasteiger partial charge in [0.25, 0.3) is 0 Å². The summed E-state index contributed by atoms with van der Waals surface area (Å²) in [5, 5.41) is 16.3. The minimum atomic E-state index is -4.00. The molecule has 1 aliphatic heterocycles. The van der Waals surface area contributed by atoms with E-state index in [0.717, 1.165) is 51.6 Å². The second-order valence-electron chi connectivity index (χ2n) is 6.72. The molecule has 0 amide bonds. The Bertz CT molecular complexity index is 763. The van der Waals surface area contributed by atoms with E-state index in [2.05, 4.69) is 4.90 Å². The number of sulfonamides is 1. The summed E-state index contributed by atoms with van der Waals surface area (Å²) < 4.78 is 33.8. The molecule has 0 spiro atoms. The maximum absolute atomic E-state index is 11.4. The molecule has 26 heavy (non-hydrogen) atoms. The van der Waals surface area contributed by atoms with Crippen molar-refractivity contribution in [3.8, 4) is 5.75 Å². The van der Waals surface area contributed by atoms with Gasteiger partial charge >= 0.3 is 5.69 Å². The maximum Gasteiger partial charge on any atom is 0.312 e. The lowest BCUT2D eigenvalue weighted by Gasteiger charge is -2.32. The zero-order chi connectivity index (χ0) is 18.7. The summed E-state index contributed by atoms with van der Waals surface area (Å²) in [6.45, 7) is 3.79. The number of benzene rings is 1. The molecule has 0 aromatic heterocycles. The van der Waals surface area contributed by atoms with Crippen LogP contribution in [0.15, 0.2) is 23.1 Å². The van der Waals surface area contributed by atoms with Crippen molar-refractivity contribution in [1.82, 2.24) is 4.90 Å². The minimum absolute atomic E-state index is 0.0669. The monoisotopic (exact) mass is 385 g/mol. The van der Waals surface area contributed by atoms with Crippen LogP contribution < -0.4 is 9.88 Å². The SMILES string of the molecule is NS(=O)(=O)c1ccc(OC[C@H]2CC[C@@H](N3CCOCC3)C2)c([N+](=O)[O-])c1. The van der Waals surface area contributed by atoms with E-state index in [1.54, 1.807) is 0 Å². The Labute approximate surface area is 152 Å². The molecule has 0 radical (unpaired) electrons. The van der Waals surface area contributed by atoms with Crippen molar-refractivity contribution >= 4 is 15.7 Å². The van der Waals surface area contributed by atoms with E-state index in [1.807, 2.05) is 0 Å². The van der Waals surface area contributed by atoms with Gasteiger partial charge in [-0.05, 0) is 37.3 Å². The molecule has 9 nitrogen and oxygen atoms in total. The van der Waals surface area contributed by atoms with Gasteiger partial charge in [-0.1, -0.05) is 0 Å². The molecule has 2 fully saturated rings. The van der Waals surface area contributed by atoms with Crippen molar-refractivity contribution in [3.63, 3.8) is 0 Å². The number of nitrogens with zero attached hydrogens (tertiary/aromatic N) is 2. The van der Waals surface area contributed by atoms with Gasteiger partial charge in [0.05, 0.1) is 29.6 Å². The highest BCUT2D eigenvalue weighted by Crippen LogP contribution is 2.33. The molecule has 0 unspecified atom stereocenters. The zero-order valence-electron chi connectivity index (χ0n) is 14.4. The highest BCUT2D eigenvalue weighted by atomic mass is 32.2. The number of nitrogens with two attached hydrogens (primary N) is 1. The third kappa shape index (κ3) is 4.50. The molecule has 1 aliphatic carbocycles. The molecule has 1 saturated heterocycles. The van der Waals surface area contributed by atoms with Gasteiger partial charge in [0.1, 0.15) is 0 Å². The molecular formula is C16H23N3O6S. The lowest BCUT2D eigenvalue weighted by molar-refractivity contribution is -0.386. The van der Waals surface area contributed by atoms with Gasteiger partial charge in [-0.3, -0.25) is 15.0 Å². The number of morpholine rings is 1. The molecule has 1 saturated carbocycles. The van der Waals surface area contributed by atoms with Crippen molar-refractivity contribution in [1.29, 1.82) is 0 Å². The Morgan fingerprint density at radius 2 is 2.04 bits per heavy atom. The van der Waals surface area contributed by atoms with Gasteiger partial charge in [0, 0.05) is 25.2 Å². The second-order valence-corrected chi connectivity index (χ2v) is 8.29. The Balaban J connectivity index is 1.62. The van der Waals surface area contributed by atoms with Crippen LogP contribution in [0.2, 0.25) is 0 Å². The fourth-order valence-corrected chi connectivity index (χ4v) is 4.15. The van der Waals surface area contributed by atoms with Crippen molar-refractivity contribution in [2.45, 2.75) is 30.2 Å². The number of rotatable bonds is 6. The predicted octanol–water partition coefficient (Wildman–Crippen LogP) is 1.12. The summed E-state index contributed by atoms with van der Waals surface area (Å²) >= 11 is 0. The quantitative estimate of drug-likeness (QED) is 0.574. The average molecular weight is 385 g/mol. The molecule has 1 aromatic carbocycles. The second kappa shape index (κ2) is 7.87. The Kier molecular flexibility index (Phi) is 5.76. The maximum atomic E-state index is 11.4. The molecule has 2 aliphatic rings. The van der Waals surface area contributed by atoms with E-state index in [1.165, 1.54) is 12.1 Å². The van der Waals surface area contributed by atoms with Gasteiger partial charge in [0.15, 0.2) is 5.75 Å². The largest absolute Gasteiger partial charge is 0.487 e. The highest BCUT2D eigenvalue weighted by molar-refractivity contribution is 7.89. The third-order valence-corrected chi connectivity index (χ3v) is 5.92. The van der Waals surface area contributed by atoms with Crippen LogP contribution in [-0.2, 0) is 14.8 Å². The van der Waals surface area contributed by atoms with Crippen LogP contribution in [-0.4, -0.2) is 57.2 Å². The summed E-state index contributed by atoms with van der Waals surface area (Å²) in [5.41, 5.74) is -0.390. The summed E-state index contributed by atoms with van der Waals surface area (Å²) in [5.74, 6) is 0.387. The topological polar surface area (TPSA) is 125 Å². The zero-order valence-corrected chi connectivity index (χ0v) is 15.2. The lowest BCUT2D eigenvalue weighted by Crippen LogP contribution is -2.42. The van der Waals surface area contributed by atoms with E-state index >= 15 is 0 Å². The smallest absolute Gasteiger partial charge is 0.312 e. The van der Waals surface area contributed by atoms with Crippen LogP contribution in [0.25, 0.3) is 0 Å². The van der Waals surface area contributed by atoms with Gasteiger partial charge < -0.3 is 9.47 Å². The number of nitro benzene ring substituents is 1. The standard InChI is InChI=1S/C16H23N3O6S/c17-26(22,23)14-3-4-16(15(10-14)19(20)21)25-11-12-1-2-13(9-12)18-5-7-24-8-6-18/h3-4,10,12-13H,1-2,5-9,11H2,(H2,17,22,23)/t12-,13+/m0/s1. The average Bonchev–Trinajstić information content (AvgIpc) is 3.08. The Hall–Kier alpha value is -1.75. The summed E-state index contributed by atoms with van der Waals surface area (Å²) in [4.78, 5) is 12.7. The molecule has 2 N–H and O–H groups in total. The van der Waals surface area contributed by atoms with Gasteiger partial charge in [0.2, 0.25) is 10.0 Å². The molecule has 2 atom stereocenters. The molecule has 1 aromatic rings. The summed E-state index contributed by atoms with van der Waals surface area (Å²) in [7, 11) is -4.00. The first-order valence-electron chi connectivity index (χ1n) is 8.60. The van der Waals surface area contributed by atoms with Gasteiger partial charge in [-0.15, -0.1) is 0 Å². The molecule has 1 heterocycles. The first-order chi connectivity index (χ1) is 12.3. The van der Waals surface area contributed by atoms with Crippen molar-refractivity contribution in [2.24, 2.45) is 11.1 Å². The van der Waals surface area contributed by atoms with Crippen molar-refractivity contribution < 1.29 is 22.8 Å². The number of ether oxygens (including phenoxy) is 2. The summed E-state index contributed by atoms with van der Waals surface area (Å²) in [6, 6.07) is 3.97. The van der Waals surface area contributed by atoms with E-state index < -0.39 is 14.9 Å². The first-order valence-corrected chi connectivity index (χ1v) is 10.1. The molecule has 0 bridgehead atoms. The number of nitro groups is 1. The summed E-state index contributed by atoms with van der Waals surface area (Å²) in [6.07, 6.45) is 3.08. The Morgan fingerprint density at radius 3 is 2.69 bits per heavy atom. The van der Waals surface area contributed by atoms with Gasteiger partial charge in [-0.25, -0.2) is 13.6 Å². The molecular weight excluding hydrogens is 362 g/mol. The lowest BCUT2D eigenvalue weighted by atomic mass is 10.1. The van der Waals surface area contributed by atoms with Crippen LogP contribution >= 0.6 is 0 Å². The molecule has 144 valence electrons. The molecule has 3 rings (SSSR count). The van der Waals surface area contributed by atoms with Crippen LogP contribution in [0.3, 0.4) is 0 Å². The first kappa shape index (κ1) is 19.0. The number of hydrogen-bond acceptors (Lipinski definition) is 7. The Morgan fingerprint density at radius 1 is 1.31 bits per heavy atom. The fraction of sp³-hybridized carbons (Fsp3) is 0.625. The van der Waals surface area contributed by atoms with E-state index in [-0.39, 0.29) is 16.3 Å². The highest BCUT2D eigenvalue weighted by Gasteiger charge is 2.31. The fourth-order valence-electron chi connectivity index (χ4n) is 3.62. The van der Waals surface area contributed by atoms with Crippen molar-refractivity contribution in [3.05, 3.63) is 28.3 Å². The van der Waals surface area contributed by atoms with E-state index in [0.29, 0.717) is 18.6 Å². The normalized spacial score (nSPS) is 24.5. The van der Waals surface area contributed by atoms with E-state index in [4.69, 9.17) is 14.6 Å². The van der Waals surface area contributed by atoms with Crippen LogP contribution in [0.4, 0.5) is 5.69 Å². The van der Waals surface area contributed by atoms with Crippen molar-refractivity contribution in [2.75, 3.05) is 32.9 Å².